The monoisotopic (exact) mass is 311 g/mol. The molecule has 1 saturated heterocycles. The van der Waals surface area contributed by atoms with Crippen LogP contribution in [0.2, 0.25) is 0 Å². The Labute approximate surface area is 137 Å². The van der Waals surface area contributed by atoms with Crippen molar-refractivity contribution in [1.82, 2.24) is 5.32 Å². The van der Waals surface area contributed by atoms with Gasteiger partial charge in [0.25, 0.3) is 0 Å². The van der Waals surface area contributed by atoms with Crippen molar-refractivity contribution < 1.29 is 9.84 Å². The van der Waals surface area contributed by atoms with Gasteiger partial charge in [-0.2, -0.15) is 0 Å². The van der Waals surface area contributed by atoms with E-state index in [0.717, 1.165) is 38.0 Å². The van der Waals surface area contributed by atoms with Crippen molar-refractivity contribution in [3.63, 3.8) is 0 Å². The van der Waals surface area contributed by atoms with Gasteiger partial charge in [-0.1, -0.05) is 43.2 Å². The van der Waals surface area contributed by atoms with E-state index in [2.05, 4.69) is 41.7 Å². The molecule has 3 nitrogen and oxygen atoms in total. The maximum atomic E-state index is 11.2. The summed E-state index contributed by atoms with van der Waals surface area (Å²) in [6.45, 7) is 0.865. The molecule has 1 heterocycles. The number of fused-ring (bicyclic) bond motifs is 2. The average molecular weight is 311 g/mol. The summed E-state index contributed by atoms with van der Waals surface area (Å²) in [5.41, 5.74) is 0.700. The largest absolute Gasteiger partial charge is 0.496 e. The van der Waals surface area contributed by atoms with Gasteiger partial charge in [0.05, 0.1) is 12.7 Å². The predicted molar refractivity (Wildman–Crippen MR) is 92.8 cm³/mol. The summed E-state index contributed by atoms with van der Waals surface area (Å²) in [4.78, 5) is 0. The van der Waals surface area contributed by atoms with Crippen LogP contribution in [0.15, 0.2) is 36.4 Å². The van der Waals surface area contributed by atoms with Crippen LogP contribution in [0.25, 0.3) is 10.8 Å². The second kappa shape index (κ2) is 5.81. The Morgan fingerprint density at radius 2 is 2.00 bits per heavy atom. The zero-order valence-corrected chi connectivity index (χ0v) is 13.7. The highest BCUT2D eigenvalue weighted by Crippen LogP contribution is 2.48. The lowest BCUT2D eigenvalue weighted by molar-refractivity contribution is -0.0861. The Morgan fingerprint density at radius 1 is 1.13 bits per heavy atom. The molecular weight excluding hydrogens is 286 g/mol. The molecule has 3 atom stereocenters. The fourth-order valence-electron chi connectivity index (χ4n) is 4.70. The van der Waals surface area contributed by atoms with Crippen LogP contribution in [0, 0.1) is 5.92 Å². The average Bonchev–Trinajstić information content (AvgIpc) is 2.59. The fourth-order valence-corrected chi connectivity index (χ4v) is 4.70. The first kappa shape index (κ1) is 15.0. The molecule has 2 aliphatic rings. The van der Waals surface area contributed by atoms with Crippen molar-refractivity contribution >= 4 is 10.8 Å². The van der Waals surface area contributed by atoms with E-state index in [0.29, 0.717) is 0 Å². The SMILES string of the molecule is COc1ccc2ccccc2c1[C@@H]1NCC[C@]2(O)CCCC[C@H]12. The number of methoxy groups -OCH3 is 1. The molecule has 0 amide bonds. The van der Waals surface area contributed by atoms with Gasteiger partial charge in [0.1, 0.15) is 5.75 Å². The van der Waals surface area contributed by atoms with Crippen LogP contribution < -0.4 is 10.1 Å². The van der Waals surface area contributed by atoms with Crippen molar-refractivity contribution in [3.8, 4) is 5.75 Å². The number of aliphatic hydroxyl groups is 1. The predicted octanol–water partition coefficient (Wildman–Crippen LogP) is 3.80. The summed E-state index contributed by atoms with van der Waals surface area (Å²) >= 11 is 0. The lowest BCUT2D eigenvalue weighted by Crippen LogP contribution is -2.53. The molecule has 2 fully saturated rings. The van der Waals surface area contributed by atoms with E-state index >= 15 is 0 Å². The molecule has 2 aromatic carbocycles. The van der Waals surface area contributed by atoms with E-state index in [9.17, 15) is 5.11 Å². The highest BCUT2D eigenvalue weighted by Gasteiger charge is 2.46. The maximum Gasteiger partial charge on any atom is 0.124 e. The van der Waals surface area contributed by atoms with Gasteiger partial charge >= 0.3 is 0 Å². The van der Waals surface area contributed by atoms with Gasteiger partial charge < -0.3 is 15.2 Å². The van der Waals surface area contributed by atoms with E-state index < -0.39 is 5.60 Å². The molecule has 122 valence electrons. The van der Waals surface area contributed by atoms with Crippen LogP contribution in [-0.4, -0.2) is 24.4 Å². The smallest absolute Gasteiger partial charge is 0.124 e. The number of hydrogen-bond acceptors (Lipinski definition) is 3. The second-order valence-corrected chi connectivity index (χ2v) is 7.04. The summed E-state index contributed by atoms with van der Waals surface area (Å²) in [5, 5.41) is 17.3. The van der Waals surface area contributed by atoms with E-state index in [1.165, 1.54) is 22.8 Å². The van der Waals surface area contributed by atoms with Crippen molar-refractivity contribution in [2.45, 2.75) is 43.7 Å². The third kappa shape index (κ3) is 2.43. The second-order valence-electron chi connectivity index (χ2n) is 7.04. The molecule has 0 aromatic heterocycles. The van der Waals surface area contributed by atoms with E-state index in [4.69, 9.17) is 4.74 Å². The standard InChI is InChI=1S/C20H25NO2/c1-23-17-10-9-14-6-2-3-7-15(14)18(17)19-16-8-4-5-11-20(16,22)12-13-21-19/h2-3,6-7,9-10,16,19,21-22H,4-5,8,11-13H2,1H3/t16-,19-,20-/m1/s1. The van der Waals surface area contributed by atoms with Gasteiger partial charge in [-0.3, -0.25) is 0 Å². The highest BCUT2D eigenvalue weighted by molar-refractivity contribution is 5.88. The summed E-state index contributed by atoms with van der Waals surface area (Å²) in [7, 11) is 1.74. The Hall–Kier alpha value is -1.58. The third-order valence-electron chi connectivity index (χ3n) is 5.85. The summed E-state index contributed by atoms with van der Waals surface area (Å²) in [6.07, 6.45) is 5.23. The van der Waals surface area contributed by atoms with Gasteiger partial charge in [-0.05, 0) is 42.6 Å². The van der Waals surface area contributed by atoms with E-state index in [-0.39, 0.29) is 12.0 Å². The first-order valence-electron chi connectivity index (χ1n) is 8.74. The van der Waals surface area contributed by atoms with Crippen LogP contribution in [0.4, 0.5) is 0 Å². The molecule has 0 radical (unpaired) electrons. The number of nitrogens with one attached hydrogen (secondary N) is 1. The molecule has 2 N–H and O–H groups in total. The number of rotatable bonds is 2. The van der Waals surface area contributed by atoms with Crippen LogP contribution >= 0.6 is 0 Å². The lowest BCUT2D eigenvalue weighted by atomic mass is 9.66. The first-order chi connectivity index (χ1) is 11.2. The Morgan fingerprint density at radius 3 is 2.87 bits per heavy atom. The number of ether oxygens (including phenoxy) is 1. The summed E-state index contributed by atoms with van der Waals surface area (Å²) in [5.74, 6) is 1.20. The molecule has 23 heavy (non-hydrogen) atoms. The molecule has 2 aromatic rings. The lowest BCUT2D eigenvalue weighted by Gasteiger charge is -2.48. The van der Waals surface area contributed by atoms with Gasteiger partial charge in [0.15, 0.2) is 0 Å². The first-order valence-corrected chi connectivity index (χ1v) is 8.74. The molecule has 1 saturated carbocycles. The molecule has 1 aliphatic heterocycles. The van der Waals surface area contributed by atoms with Crippen LogP contribution in [0.5, 0.6) is 5.75 Å². The third-order valence-corrected chi connectivity index (χ3v) is 5.85. The van der Waals surface area contributed by atoms with Gasteiger partial charge in [0, 0.05) is 17.5 Å². The normalized spacial score (nSPS) is 30.9. The maximum absolute atomic E-state index is 11.2. The number of piperidine rings is 1. The minimum atomic E-state index is -0.518. The quantitative estimate of drug-likeness (QED) is 0.886. The topological polar surface area (TPSA) is 41.5 Å². The van der Waals surface area contributed by atoms with Gasteiger partial charge in [-0.15, -0.1) is 0 Å². The molecule has 0 bridgehead atoms. The minimum absolute atomic E-state index is 0.162. The molecule has 4 rings (SSSR count). The Bertz CT molecular complexity index is 710. The zero-order valence-electron chi connectivity index (χ0n) is 13.7. The Balaban J connectivity index is 1.87. The van der Waals surface area contributed by atoms with Crippen molar-refractivity contribution in [3.05, 3.63) is 42.0 Å². The van der Waals surface area contributed by atoms with Crippen molar-refractivity contribution in [1.29, 1.82) is 0 Å². The summed E-state index contributed by atoms with van der Waals surface area (Å²) < 4.78 is 5.70. The molecule has 0 spiro atoms. The highest BCUT2D eigenvalue weighted by atomic mass is 16.5. The van der Waals surface area contributed by atoms with Crippen LogP contribution in [0.3, 0.4) is 0 Å². The molecule has 3 heteroatoms. The zero-order chi connectivity index (χ0) is 15.9. The van der Waals surface area contributed by atoms with Crippen molar-refractivity contribution in [2.24, 2.45) is 5.92 Å². The van der Waals surface area contributed by atoms with Crippen LogP contribution in [-0.2, 0) is 0 Å². The fraction of sp³-hybridized carbons (Fsp3) is 0.500. The molecule has 0 unspecified atom stereocenters. The minimum Gasteiger partial charge on any atom is -0.496 e. The van der Waals surface area contributed by atoms with E-state index in [1.54, 1.807) is 7.11 Å². The molecule has 1 aliphatic carbocycles. The van der Waals surface area contributed by atoms with Crippen molar-refractivity contribution in [2.75, 3.05) is 13.7 Å². The summed E-state index contributed by atoms with van der Waals surface area (Å²) in [6, 6.07) is 12.8. The van der Waals surface area contributed by atoms with Crippen LogP contribution in [0.1, 0.15) is 43.7 Å². The molecular formula is C20H25NO2. The Kier molecular flexibility index (Phi) is 3.78. The number of benzene rings is 2. The van der Waals surface area contributed by atoms with E-state index in [1.807, 2.05) is 0 Å². The number of hydrogen-bond donors (Lipinski definition) is 2. The van der Waals surface area contributed by atoms with Gasteiger partial charge in [0.2, 0.25) is 0 Å². The van der Waals surface area contributed by atoms with Gasteiger partial charge in [-0.25, -0.2) is 0 Å².